The van der Waals surface area contributed by atoms with Crippen LogP contribution >= 0.6 is 11.8 Å². The van der Waals surface area contributed by atoms with Gasteiger partial charge in [-0.05, 0) is 19.1 Å². The number of hydrogen-bond acceptors (Lipinski definition) is 3. The smallest absolute Gasteiger partial charge is 0.192 e. The molecule has 0 aromatic carbocycles. The number of nitrogens with zero attached hydrogens (tertiary/aromatic N) is 1. The Labute approximate surface area is 81.1 Å². The number of hydrogen-bond donors (Lipinski definition) is 0. The van der Waals surface area contributed by atoms with Crippen LogP contribution in [0.3, 0.4) is 0 Å². The zero-order valence-electron chi connectivity index (χ0n) is 7.28. The maximum absolute atomic E-state index is 11.7. The molecule has 0 unspecified atom stereocenters. The van der Waals surface area contributed by atoms with Crippen LogP contribution in [0.25, 0.3) is 0 Å². The molecule has 66 valence electrons. The molecule has 2 rings (SSSR count). The molecule has 3 heteroatoms. The van der Waals surface area contributed by atoms with E-state index in [2.05, 4.69) is 4.98 Å². The van der Waals surface area contributed by atoms with Gasteiger partial charge in [0.25, 0.3) is 0 Å². The number of rotatable bonds is 0. The molecule has 0 amide bonds. The molecule has 2 nitrogen and oxygen atoms in total. The zero-order valence-corrected chi connectivity index (χ0v) is 8.10. The summed E-state index contributed by atoms with van der Waals surface area (Å²) in [4.78, 5) is 15.9. The first-order chi connectivity index (χ1) is 6.33. The lowest BCUT2D eigenvalue weighted by atomic mass is 10.1. The molecule has 0 aliphatic carbocycles. The van der Waals surface area contributed by atoms with E-state index < -0.39 is 0 Å². The summed E-state index contributed by atoms with van der Waals surface area (Å²) in [5.74, 6) is 0.878. The van der Waals surface area contributed by atoms with Crippen molar-refractivity contribution in [2.24, 2.45) is 0 Å². The molecule has 0 fully saturated rings. The SMILES string of the molecule is C/C=C1\CSc2ncccc2C1=O. The van der Waals surface area contributed by atoms with Gasteiger partial charge in [0.05, 0.1) is 5.56 Å². The molecular formula is C10H9NOS. The van der Waals surface area contributed by atoms with Crippen LogP contribution in [-0.4, -0.2) is 16.5 Å². The van der Waals surface area contributed by atoms with Crippen LogP contribution in [0.5, 0.6) is 0 Å². The third-order valence-electron chi connectivity index (χ3n) is 2.02. The Bertz CT molecular complexity index is 384. The topological polar surface area (TPSA) is 30.0 Å². The second-order valence-corrected chi connectivity index (χ2v) is 3.75. The minimum Gasteiger partial charge on any atom is -0.289 e. The van der Waals surface area contributed by atoms with Crippen LogP contribution in [0.1, 0.15) is 17.3 Å². The van der Waals surface area contributed by atoms with E-state index in [9.17, 15) is 4.79 Å². The van der Waals surface area contributed by atoms with Gasteiger partial charge in [0, 0.05) is 17.5 Å². The van der Waals surface area contributed by atoms with Gasteiger partial charge in [-0.3, -0.25) is 4.79 Å². The summed E-state index contributed by atoms with van der Waals surface area (Å²) in [6.07, 6.45) is 3.60. The van der Waals surface area contributed by atoms with Gasteiger partial charge in [-0.15, -0.1) is 11.8 Å². The number of thioether (sulfide) groups is 1. The number of ketones is 1. The summed E-state index contributed by atoms with van der Waals surface area (Å²) in [5, 5.41) is 0.859. The molecule has 0 bridgehead atoms. The van der Waals surface area contributed by atoms with Crippen LogP contribution in [-0.2, 0) is 0 Å². The Hall–Kier alpha value is -1.09. The predicted molar refractivity (Wildman–Crippen MR) is 53.0 cm³/mol. The summed E-state index contributed by atoms with van der Waals surface area (Å²) in [6.45, 7) is 1.90. The van der Waals surface area contributed by atoms with Gasteiger partial charge >= 0.3 is 0 Å². The Morgan fingerprint density at radius 3 is 3.23 bits per heavy atom. The highest BCUT2D eigenvalue weighted by molar-refractivity contribution is 7.99. The lowest BCUT2D eigenvalue weighted by Crippen LogP contribution is -2.12. The van der Waals surface area contributed by atoms with Crippen LogP contribution in [0.15, 0.2) is 35.0 Å². The average Bonchev–Trinajstić information content (AvgIpc) is 2.19. The molecule has 1 aromatic rings. The number of fused-ring (bicyclic) bond motifs is 1. The molecule has 0 radical (unpaired) electrons. The maximum atomic E-state index is 11.7. The first kappa shape index (κ1) is 8.51. The van der Waals surface area contributed by atoms with E-state index in [4.69, 9.17) is 0 Å². The molecule has 0 saturated carbocycles. The highest BCUT2D eigenvalue weighted by Gasteiger charge is 2.21. The van der Waals surface area contributed by atoms with Crippen LogP contribution < -0.4 is 0 Å². The third kappa shape index (κ3) is 1.40. The number of carbonyl (C=O) groups is 1. The summed E-state index contributed by atoms with van der Waals surface area (Å²) >= 11 is 1.62. The van der Waals surface area contributed by atoms with E-state index in [0.717, 1.165) is 21.9 Å². The van der Waals surface area contributed by atoms with Crippen molar-refractivity contribution >= 4 is 17.5 Å². The molecular weight excluding hydrogens is 182 g/mol. The maximum Gasteiger partial charge on any atom is 0.192 e. The van der Waals surface area contributed by atoms with E-state index >= 15 is 0 Å². The fourth-order valence-electron chi connectivity index (χ4n) is 1.28. The van der Waals surface area contributed by atoms with Crippen molar-refractivity contribution in [1.29, 1.82) is 0 Å². The van der Waals surface area contributed by atoms with E-state index in [0.29, 0.717) is 0 Å². The number of carbonyl (C=O) groups excluding carboxylic acids is 1. The Morgan fingerprint density at radius 2 is 2.46 bits per heavy atom. The summed E-state index contributed by atoms with van der Waals surface area (Å²) in [7, 11) is 0. The van der Waals surface area contributed by atoms with Crippen LogP contribution in [0, 0.1) is 0 Å². The molecule has 1 aliphatic heterocycles. The Morgan fingerprint density at radius 1 is 1.62 bits per heavy atom. The monoisotopic (exact) mass is 191 g/mol. The average molecular weight is 191 g/mol. The molecule has 0 N–H and O–H groups in total. The van der Waals surface area contributed by atoms with Crippen molar-refractivity contribution < 1.29 is 4.79 Å². The summed E-state index contributed by atoms with van der Waals surface area (Å²) in [5.41, 5.74) is 1.62. The Kier molecular flexibility index (Phi) is 2.19. The number of pyridine rings is 1. The van der Waals surface area contributed by atoms with E-state index in [1.807, 2.05) is 19.1 Å². The van der Waals surface area contributed by atoms with Gasteiger partial charge in [-0.1, -0.05) is 6.08 Å². The zero-order chi connectivity index (χ0) is 9.26. The van der Waals surface area contributed by atoms with E-state index in [1.165, 1.54) is 0 Å². The van der Waals surface area contributed by atoms with Crippen molar-refractivity contribution in [2.75, 3.05) is 5.75 Å². The number of Topliss-reactive ketones (excluding diaryl/α,β-unsaturated/α-hetero) is 1. The second kappa shape index (κ2) is 3.34. The van der Waals surface area contributed by atoms with Gasteiger partial charge in [0.1, 0.15) is 5.03 Å². The highest BCUT2D eigenvalue weighted by Crippen LogP contribution is 2.30. The summed E-state index contributed by atoms with van der Waals surface area (Å²) in [6, 6.07) is 3.64. The fraction of sp³-hybridized carbons (Fsp3) is 0.200. The number of allylic oxidation sites excluding steroid dienone is 1. The molecule has 0 spiro atoms. The van der Waals surface area contributed by atoms with Crippen molar-refractivity contribution in [3.05, 3.63) is 35.5 Å². The van der Waals surface area contributed by atoms with Crippen LogP contribution in [0.4, 0.5) is 0 Å². The van der Waals surface area contributed by atoms with Gasteiger partial charge in [-0.2, -0.15) is 0 Å². The predicted octanol–water partition coefficient (Wildman–Crippen LogP) is 2.32. The normalized spacial score (nSPS) is 18.8. The third-order valence-corrected chi connectivity index (χ3v) is 3.07. The van der Waals surface area contributed by atoms with Gasteiger partial charge < -0.3 is 0 Å². The first-order valence-corrected chi connectivity index (χ1v) is 5.09. The van der Waals surface area contributed by atoms with Crippen molar-refractivity contribution in [1.82, 2.24) is 4.98 Å². The fourth-order valence-corrected chi connectivity index (χ4v) is 2.32. The largest absolute Gasteiger partial charge is 0.289 e. The quantitative estimate of drug-likeness (QED) is 0.589. The molecule has 13 heavy (non-hydrogen) atoms. The molecule has 1 aromatic heterocycles. The van der Waals surface area contributed by atoms with Crippen molar-refractivity contribution in [3.8, 4) is 0 Å². The van der Waals surface area contributed by atoms with Crippen LogP contribution in [0.2, 0.25) is 0 Å². The minimum atomic E-state index is 0.129. The summed E-state index contributed by atoms with van der Waals surface area (Å²) < 4.78 is 0. The number of aromatic nitrogens is 1. The van der Waals surface area contributed by atoms with E-state index in [-0.39, 0.29) is 5.78 Å². The van der Waals surface area contributed by atoms with Crippen molar-refractivity contribution in [3.63, 3.8) is 0 Å². The lowest BCUT2D eigenvalue weighted by molar-refractivity contribution is 0.103. The molecule has 0 saturated heterocycles. The van der Waals surface area contributed by atoms with Gasteiger partial charge in [0.15, 0.2) is 5.78 Å². The van der Waals surface area contributed by atoms with E-state index in [1.54, 1.807) is 24.0 Å². The van der Waals surface area contributed by atoms with Gasteiger partial charge in [0.2, 0.25) is 0 Å². The highest BCUT2D eigenvalue weighted by atomic mass is 32.2. The molecule has 2 heterocycles. The minimum absolute atomic E-state index is 0.129. The first-order valence-electron chi connectivity index (χ1n) is 4.10. The van der Waals surface area contributed by atoms with Gasteiger partial charge in [-0.25, -0.2) is 4.98 Å². The molecule has 0 atom stereocenters. The van der Waals surface area contributed by atoms with Crippen molar-refractivity contribution in [2.45, 2.75) is 11.9 Å². The Balaban J connectivity index is 2.51. The molecule has 1 aliphatic rings. The lowest BCUT2D eigenvalue weighted by Gasteiger charge is -2.14. The second-order valence-electron chi connectivity index (χ2n) is 2.79. The standard InChI is InChI=1S/C10H9NOS/c1-2-7-6-13-10-8(9(7)12)4-3-5-11-10/h2-5H,6H2,1H3/b7-2+.